The molecule has 3 rings (SSSR count). The lowest BCUT2D eigenvalue weighted by Crippen LogP contribution is -2.17. The number of fused-ring (bicyclic) bond motifs is 1. The van der Waals surface area contributed by atoms with Crippen LogP contribution < -0.4 is 5.32 Å². The highest BCUT2D eigenvalue weighted by Gasteiger charge is 2.09. The second-order valence-electron chi connectivity index (χ2n) is 7.08. The monoisotopic (exact) mass is 362 g/mol. The molecule has 3 heteroatoms. The van der Waals surface area contributed by atoms with Crippen LogP contribution in [0.5, 0.6) is 0 Å². The Morgan fingerprint density at radius 2 is 1.81 bits per heavy atom. The minimum absolute atomic E-state index is 0.147. The van der Waals surface area contributed by atoms with E-state index in [1.54, 1.807) is 0 Å². The Labute approximate surface area is 162 Å². The molecule has 27 heavy (non-hydrogen) atoms. The first-order valence-corrected chi connectivity index (χ1v) is 10.1. The maximum atomic E-state index is 8.98. The third-order valence-corrected chi connectivity index (χ3v) is 5.04. The fourth-order valence-electron chi connectivity index (χ4n) is 3.53. The molecule has 0 amide bonds. The number of unbranched alkanes of at least 4 members (excludes halogenated alkanes) is 3. The van der Waals surface area contributed by atoms with Crippen LogP contribution in [0.3, 0.4) is 0 Å². The zero-order valence-corrected chi connectivity index (χ0v) is 16.2. The molecule has 1 aromatic heterocycles. The summed E-state index contributed by atoms with van der Waals surface area (Å²) in [5.74, 6) is 0. The molecule has 0 aliphatic carbocycles. The number of aliphatic hydroxyl groups is 1. The van der Waals surface area contributed by atoms with Gasteiger partial charge in [0.05, 0.1) is 12.1 Å². The largest absolute Gasteiger partial charge is 0.395 e. The van der Waals surface area contributed by atoms with E-state index in [0.717, 1.165) is 17.5 Å². The summed E-state index contributed by atoms with van der Waals surface area (Å²) in [5, 5.41) is 13.4. The first kappa shape index (κ1) is 19.5. The lowest BCUT2D eigenvalue weighted by atomic mass is 9.96. The topological polar surface area (TPSA) is 45.1 Å². The van der Waals surface area contributed by atoms with Crippen LogP contribution in [-0.4, -0.2) is 23.2 Å². The minimum Gasteiger partial charge on any atom is -0.395 e. The molecule has 0 unspecified atom stereocenters. The molecule has 0 bridgehead atoms. The number of hydrogen-bond donors (Lipinski definition) is 2. The molecule has 2 N–H and O–H groups in total. The molecule has 0 saturated heterocycles. The van der Waals surface area contributed by atoms with Gasteiger partial charge in [-0.05, 0) is 41.2 Å². The van der Waals surface area contributed by atoms with Crippen molar-refractivity contribution in [2.24, 2.45) is 0 Å². The van der Waals surface area contributed by atoms with Crippen molar-refractivity contribution in [1.29, 1.82) is 0 Å². The summed E-state index contributed by atoms with van der Waals surface area (Å²) in [6.07, 6.45) is 8.22. The summed E-state index contributed by atoms with van der Waals surface area (Å²) >= 11 is 0. The second kappa shape index (κ2) is 10.2. The van der Waals surface area contributed by atoms with E-state index in [1.165, 1.54) is 47.8 Å². The molecule has 0 aliphatic heterocycles. The van der Waals surface area contributed by atoms with Gasteiger partial charge >= 0.3 is 0 Å². The fraction of sp³-hybridized carbons (Fsp3) is 0.375. The van der Waals surface area contributed by atoms with Crippen LogP contribution in [0.1, 0.15) is 43.7 Å². The highest BCUT2D eigenvalue weighted by Crippen LogP contribution is 2.30. The van der Waals surface area contributed by atoms with Crippen LogP contribution in [0.4, 0.5) is 0 Å². The predicted octanol–water partition coefficient (Wildman–Crippen LogP) is 5.11. The van der Waals surface area contributed by atoms with Crippen molar-refractivity contribution in [3.05, 3.63) is 65.9 Å². The molecular formula is C24H30N2O. The van der Waals surface area contributed by atoms with Gasteiger partial charge in [-0.1, -0.05) is 68.7 Å². The van der Waals surface area contributed by atoms with Crippen LogP contribution in [0.25, 0.3) is 22.0 Å². The van der Waals surface area contributed by atoms with Crippen LogP contribution in [0, 0.1) is 0 Å². The zero-order chi connectivity index (χ0) is 18.9. The molecule has 0 spiro atoms. The summed E-state index contributed by atoms with van der Waals surface area (Å²) in [6, 6.07) is 17.5. The van der Waals surface area contributed by atoms with E-state index in [1.807, 2.05) is 12.3 Å². The van der Waals surface area contributed by atoms with Crippen molar-refractivity contribution in [3.8, 4) is 11.1 Å². The van der Waals surface area contributed by atoms with Crippen LogP contribution in [-0.2, 0) is 13.0 Å². The summed E-state index contributed by atoms with van der Waals surface area (Å²) < 4.78 is 0. The van der Waals surface area contributed by atoms with Gasteiger partial charge in [-0.2, -0.15) is 0 Å². The number of benzene rings is 2. The van der Waals surface area contributed by atoms with Crippen molar-refractivity contribution in [1.82, 2.24) is 10.3 Å². The summed E-state index contributed by atoms with van der Waals surface area (Å²) in [5.41, 5.74) is 6.07. The van der Waals surface area contributed by atoms with Gasteiger partial charge in [0.25, 0.3) is 0 Å². The molecule has 0 saturated carbocycles. The Kier molecular flexibility index (Phi) is 7.37. The van der Waals surface area contributed by atoms with E-state index in [0.29, 0.717) is 13.1 Å². The number of pyridine rings is 1. The first-order valence-electron chi connectivity index (χ1n) is 10.1. The molecule has 1 heterocycles. The van der Waals surface area contributed by atoms with Gasteiger partial charge < -0.3 is 10.4 Å². The Morgan fingerprint density at radius 3 is 2.59 bits per heavy atom. The van der Waals surface area contributed by atoms with Gasteiger partial charge in [0.15, 0.2) is 0 Å². The molecule has 2 aromatic carbocycles. The van der Waals surface area contributed by atoms with E-state index >= 15 is 0 Å². The maximum Gasteiger partial charge on any atom is 0.0753 e. The molecular weight excluding hydrogens is 332 g/mol. The van der Waals surface area contributed by atoms with E-state index in [9.17, 15) is 0 Å². The number of nitrogens with zero attached hydrogens (tertiary/aromatic N) is 1. The fourth-order valence-corrected chi connectivity index (χ4v) is 3.53. The predicted molar refractivity (Wildman–Crippen MR) is 114 cm³/mol. The van der Waals surface area contributed by atoms with Gasteiger partial charge in [-0.15, -0.1) is 0 Å². The summed E-state index contributed by atoms with van der Waals surface area (Å²) in [7, 11) is 0. The molecule has 0 radical (unpaired) electrons. The van der Waals surface area contributed by atoms with E-state index < -0.39 is 0 Å². The lowest BCUT2D eigenvalue weighted by molar-refractivity contribution is 0.292. The van der Waals surface area contributed by atoms with Crippen molar-refractivity contribution >= 4 is 10.9 Å². The van der Waals surface area contributed by atoms with Crippen molar-refractivity contribution < 1.29 is 5.11 Å². The van der Waals surface area contributed by atoms with Gasteiger partial charge in [0.1, 0.15) is 0 Å². The Balaban J connectivity index is 1.81. The average molecular weight is 363 g/mol. The van der Waals surface area contributed by atoms with Gasteiger partial charge in [-0.25, -0.2) is 0 Å². The van der Waals surface area contributed by atoms with E-state index in [4.69, 9.17) is 5.11 Å². The number of nitrogens with one attached hydrogen (secondary N) is 1. The third-order valence-electron chi connectivity index (χ3n) is 5.04. The number of aliphatic hydroxyl groups excluding tert-OH is 1. The van der Waals surface area contributed by atoms with Crippen molar-refractivity contribution in [3.63, 3.8) is 0 Å². The van der Waals surface area contributed by atoms with Gasteiger partial charge in [0, 0.05) is 24.7 Å². The second-order valence-corrected chi connectivity index (χ2v) is 7.08. The average Bonchev–Trinajstić information content (AvgIpc) is 2.72. The molecule has 142 valence electrons. The third kappa shape index (κ3) is 5.15. The standard InChI is InChI=1S/C24H30N2O/c1-2-3-4-5-7-19-9-11-20(12-10-19)22-14-13-21(18-25-16-17-27)24-23(22)8-6-15-26-24/h6,8-15,25,27H,2-5,7,16-18H2,1H3. The first-order chi connectivity index (χ1) is 13.3. The number of aromatic nitrogens is 1. The normalized spacial score (nSPS) is 11.2. The number of aryl methyl sites for hydroxylation is 1. The quantitative estimate of drug-likeness (QED) is 0.493. The highest BCUT2D eigenvalue weighted by molar-refractivity contribution is 5.96. The Bertz CT molecular complexity index is 843. The molecule has 3 nitrogen and oxygen atoms in total. The van der Waals surface area contributed by atoms with E-state index in [-0.39, 0.29) is 6.61 Å². The van der Waals surface area contributed by atoms with Crippen molar-refractivity contribution in [2.75, 3.05) is 13.2 Å². The SMILES string of the molecule is CCCCCCc1ccc(-c2ccc(CNCCO)c3ncccc23)cc1. The number of rotatable bonds is 10. The Morgan fingerprint density at radius 1 is 0.963 bits per heavy atom. The molecule has 0 aliphatic rings. The molecule has 0 atom stereocenters. The van der Waals surface area contributed by atoms with Gasteiger partial charge in [-0.3, -0.25) is 4.98 Å². The summed E-state index contributed by atoms with van der Waals surface area (Å²) in [4.78, 5) is 4.62. The van der Waals surface area contributed by atoms with E-state index in [2.05, 4.69) is 59.7 Å². The number of hydrogen-bond acceptors (Lipinski definition) is 3. The smallest absolute Gasteiger partial charge is 0.0753 e. The molecule has 0 fully saturated rings. The van der Waals surface area contributed by atoms with Crippen molar-refractivity contribution in [2.45, 2.75) is 45.6 Å². The van der Waals surface area contributed by atoms with Crippen LogP contribution >= 0.6 is 0 Å². The van der Waals surface area contributed by atoms with Crippen LogP contribution in [0.2, 0.25) is 0 Å². The molecule has 3 aromatic rings. The lowest BCUT2D eigenvalue weighted by Gasteiger charge is -2.12. The van der Waals surface area contributed by atoms with Gasteiger partial charge in [0.2, 0.25) is 0 Å². The van der Waals surface area contributed by atoms with Crippen LogP contribution in [0.15, 0.2) is 54.7 Å². The zero-order valence-electron chi connectivity index (χ0n) is 16.2. The summed E-state index contributed by atoms with van der Waals surface area (Å²) in [6.45, 7) is 3.71. The maximum absolute atomic E-state index is 8.98. The Hall–Kier alpha value is -2.23. The minimum atomic E-state index is 0.147. The highest BCUT2D eigenvalue weighted by atomic mass is 16.3.